The van der Waals surface area contributed by atoms with Gasteiger partial charge in [-0.25, -0.2) is 0 Å². The molecule has 2 spiro atoms. The number of hydrogen-bond acceptors (Lipinski definition) is 10. The van der Waals surface area contributed by atoms with Gasteiger partial charge in [0, 0.05) is 48.3 Å². The lowest BCUT2D eigenvalue weighted by atomic mass is 9.78. The van der Waals surface area contributed by atoms with Crippen LogP contribution in [0.2, 0.25) is 0 Å². The highest BCUT2D eigenvalue weighted by Gasteiger charge is 2.63. The molecule has 0 aliphatic carbocycles. The van der Waals surface area contributed by atoms with Crippen LogP contribution in [-0.2, 0) is 33.3 Å². The van der Waals surface area contributed by atoms with Crippen LogP contribution in [-0.4, -0.2) is 92.3 Å². The lowest BCUT2D eigenvalue weighted by Gasteiger charge is -2.51. The van der Waals surface area contributed by atoms with Gasteiger partial charge in [-0.3, -0.25) is 9.59 Å². The third-order valence-electron chi connectivity index (χ3n) is 13.6. The van der Waals surface area contributed by atoms with Gasteiger partial charge in [0.1, 0.15) is 0 Å². The van der Waals surface area contributed by atoms with Crippen molar-refractivity contribution in [2.75, 3.05) is 6.61 Å². The standard InChI is InChI=1S/C40H66O11/c1-21(33(43)22(2)16-25(5)36(44)45)15-23(3)34-29(9)30(42)19-38(49-34)14-13-37(10,51-38)32-12-11-26(6)40(48-32)28(8)18-31(47-40)35-24(4)17-27(7)39(46,20-41)50-35/h15,22-32,34-35,41-42,46H,11-14,16-20H2,1-10H3,(H,44,45)/b21-15+. The lowest BCUT2D eigenvalue weighted by Crippen LogP contribution is -2.59. The zero-order valence-corrected chi connectivity index (χ0v) is 32.6. The van der Waals surface area contributed by atoms with Crippen LogP contribution < -0.4 is 0 Å². The van der Waals surface area contributed by atoms with Gasteiger partial charge in [0.05, 0.1) is 48.6 Å². The van der Waals surface area contributed by atoms with E-state index in [1.165, 1.54) is 0 Å². The minimum atomic E-state index is -1.60. The molecule has 5 aliphatic heterocycles. The molecule has 4 N–H and O–H groups in total. The Kier molecular flexibility index (Phi) is 12.0. The number of carbonyl (C=O) groups is 2. The van der Waals surface area contributed by atoms with Crippen LogP contribution in [0.5, 0.6) is 0 Å². The fraction of sp³-hybridized carbons (Fsp3) is 0.900. The van der Waals surface area contributed by atoms with Crippen molar-refractivity contribution in [3.8, 4) is 0 Å². The fourth-order valence-electron chi connectivity index (χ4n) is 10.1. The molecule has 5 saturated heterocycles. The van der Waals surface area contributed by atoms with E-state index < -0.39 is 59.6 Å². The van der Waals surface area contributed by atoms with Gasteiger partial charge < -0.3 is 44.1 Å². The molecule has 5 aliphatic rings. The SMILES string of the molecule is C/C(=C\C(C)C1OC2(CCC(C)(C3CCC(C)C4(OC(C5OC(O)(CO)C(C)CC5C)CC4C)O3)O2)CC(O)C1C)C(=O)C(C)CC(C)C(=O)O. The van der Waals surface area contributed by atoms with Crippen LogP contribution in [0.15, 0.2) is 11.6 Å². The Bertz CT molecular complexity index is 1300. The highest BCUT2D eigenvalue weighted by molar-refractivity contribution is 5.96. The Morgan fingerprint density at radius 2 is 1.59 bits per heavy atom. The summed E-state index contributed by atoms with van der Waals surface area (Å²) < 4.78 is 34.0. The Hall–Kier alpha value is -1.44. The predicted octanol–water partition coefficient (Wildman–Crippen LogP) is 5.61. The number of carboxylic acids is 1. The van der Waals surface area contributed by atoms with Gasteiger partial charge in [-0.2, -0.15) is 0 Å². The maximum atomic E-state index is 13.2. The van der Waals surface area contributed by atoms with E-state index in [9.17, 15) is 30.0 Å². The topological polar surface area (TPSA) is 161 Å². The van der Waals surface area contributed by atoms with Crippen LogP contribution in [0.4, 0.5) is 0 Å². The number of aliphatic hydroxyl groups is 3. The molecule has 0 radical (unpaired) electrons. The molecular formula is C40H66O11. The van der Waals surface area contributed by atoms with Crippen molar-refractivity contribution >= 4 is 11.8 Å². The van der Waals surface area contributed by atoms with Gasteiger partial charge in [-0.1, -0.05) is 61.5 Å². The van der Waals surface area contributed by atoms with E-state index in [-0.39, 0.29) is 66.0 Å². The molecule has 5 heterocycles. The number of Topliss-reactive ketones (excluding diaryl/α,β-unsaturated/α-hetero) is 1. The molecule has 0 saturated carbocycles. The Balaban J connectivity index is 1.29. The summed E-state index contributed by atoms with van der Waals surface area (Å²) in [6, 6.07) is 0. The van der Waals surface area contributed by atoms with E-state index in [2.05, 4.69) is 27.7 Å². The van der Waals surface area contributed by atoms with Crippen LogP contribution in [0.1, 0.15) is 121 Å². The van der Waals surface area contributed by atoms with Crippen molar-refractivity contribution in [2.45, 2.75) is 174 Å². The van der Waals surface area contributed by atoms with Gasteiger partial charge >= 0.3 is 5.97 Å². The number of rotatable bonds is 10. The molecule has 5 rings (SSSR count). The van der Waals surface area contributed by atoms with Crippen LogP contribution in [0, 0.1) is 47.3 Å². The maximum Gasteiger partial charge on any atom is 0.306 e. The van der Waals surface area contributed by atoms with Crippen LogP contribution in [0.25, 0.3) is 0 Å². The summed E-state index contributed by atoms with van der Waals surface area (Å²) in [6.07, 6.45) is 4.87. The molecule has 0 amide bonds. The van der Waals surface area contributed by atoms with E-state index in [4.69, 9.17) is 23.7 Å². The van der Waals surface area contributed by atoms with Crippen molar-refractivity contribution in [2.24, 2.45) is 47.3 Å². The Morgan fingerprint density at radius 3 is 2.24 bits per heavy atom. The number of carboxylic acid groups (broad SMARTS) is 1. The molecule has 51 heavy (non-hydrogen) atoms. The number of aliphatic hydroxyl groups excluding tert-OH is 2. The Morgan fingerprint density at radius 1 is 0.902 bits per heavy atom. The van der Waals surface area contributed by atoms with Crippen molar-refractivity contribution in [1.82, 2.24) is 0 Å². The molecular weight excluding hydrogens is 656 g/mol. The van der Waals surface area contributed by atoms with Crippen molar-refractivity contribution in [3.63, 3.8) is 0 Å². The first-order valence-corrected chi connectivity index (χ1v) is 19.6. The average Bonchev–Trinajstić information content (AvgIpc) is 3.57. The number of hydrogen-bond donors (Lipinski definition) is 4. The first kappa shape index (κ1) is 40.7. The highest BCUT2D eigenvalue weighted by atomic mass is 16.8. The summed E-state index contributed by atoms with van der Waals surface area (Å²) in [6.45, 7) is 19.1. The number of aliphatic carboxylic acids is 1. The van der Waals surface area contributed by atoms with Gasteiger partial charge in [-0.05, 0) is 63.9 Å². The highest BCUT2D eigenvalue weighted by Crippen LogP contribution is 2.56. The number of carbonyl (C=O) groups excluding carboxylic acids is 1. The third-order valence-corrected chi connectivity index (χ3v) is 13.6. The molecule has 11 heteroatoms. The zero-order valence-electron chi connectivity index (χ0n) is 32.6. The van der Waals surface area contributed by atoms with Gasteiger partial charge in [-0.15, -0.1) is 0 Å². The quantitative estimate of drug-likeness (QED) is 0.207. The second-order valence-electron chi connectivity index (χ2n) is 17.8. The normalized spacial score (nSPS) is 48.1. The molecule has 17 atom stereocenters. The summed E-state index contributed by atoms with van der Waals surface area (Å²) in [4.78, 5) is 24.5. The number of allylic oxidation sites excluding steroid dienone is 1. The van der Waals surface area contributed by atoms with E-state index in [1.54, 1.807) is 20.8 Å². The molecule has 5 fully saturated rings. The zero-order chi connectivity index (χ0) is 37.8. The predicted molar refractivity (Wildman–Crippen MR) is 189 cm³/mol. The van der Waals surface area contributed by atoms with Crippen molar-refractivity contribution in [1.29, 1.82) is 0 Å². The second-order valence-corrected chi connectivity index (χ2v) is 17.8. The van der Waals surface area contributed by atoms with Crippen molar-refractivity contribution in [3.05, 3.63) is 11.6 Å². The first-order valence-electron chi connectivity index (χ1n) is 19.6. The third kappa shape index (κ3) is 7.75. The Labute approximate surface area is 304 Å². The number of ether oxygens (including phenoxy) is 5. The maximum absolute atomic E-state index is 13.2. The summed E-state index contributed by atoms with van der Waals surface area (Å²) in [5, 5.41) is 41.7. The van der Waals surface area contributed by atoms with Gasteiger partial charge in [0.15, 0.2) is 23.1 Å². The molecule has 11 nitrogen and oxygen atoms in total. The van der Waals surface area contributed by atoms with Gasteiger partial charge in [0.25, 0.3) is 0 Å². The van der Waals surface area contributed by atoms with E-state index in [0.717, 1.165) is 19.3 Å². The van der Waals surface area contributed by atoms with E-state index in [0.29, 0.717) is 31.3 Å². The lowest BCUT2D eigenvalue weighted by molar-refractivity contribution is -0.373. The van der Waals surface area contributed by atoms with E-state index in [1.807, 2.05) is 26.8 Å². The van der Waals surface area contributed by atoms with Gasteiger partial charge in [0.2, 0.25) is 0 Å². The summed E-state index contributed by atoms with van der Waals surface area (Å²) in [5.74, 6) is -5.75. The average molecular weight is 723 g/mol. The summed E-state index contributed by atoms with van der Waals surface area (Å²) >= 11 is 0. The first-order chi connectivity index (χ1) is 23.7. The molecule has 292 valence electrons. The molecule has 0 bridgehead atoms. The number of ketones is 1. The minimum absolute atomic E-state index is 0.0586. The fourth-order valence-corrected chi connectivity index (χ4v) is 10.1. The van der Waals surface area contributed by atoms with E-state index >= 15 is 0 Å². The molecule has 17 unspecified atom stereocenters. The summed E-state index contributed by atoms with van der Waals surface area (Å²) in [5.41, 5.74) is -0.126. The molecule has 0 aromatic carbocycles. The monoisotopic (exact) mass is 722 g/mol. The second kappa shape index (κ2) is 15.0. The van der Waals surface area contributed by atoms with Crippen LogP contribution >= 0.6 is 0 Å². The largest absolute Gasteiger partial charge is 0.481 e. The molecule has 0 aromatic rings. The smallest absolute Gasteiger partial charge is 0.306 e. The summed E-state index contributed by atoms with van der Waals surface area (Å²) in [7, 11) is 0. The minimum Gasteiger partial charge on any atom is -0.481 e. The van der Waals surface area contributed by atoms with Crippen molar-refractivity contribution < 1.29 is 53.7 Å². The van der Waals surface area contributed by atoms with Crippen LogP contribution in [0.3, 0.4) is 0 Å². The molecule has 0 aromatic heterocycles.